The van der Waals surface area contributed by atoms with E-state index in [1.165, 1.54) is 31.4 Å². The largest absolute Gasteiger partial charge is 0.489 e. The van der Waals surface area contributed by atoms with Gasteiger partial charge in [-0.25, -0.2) is 9.37 Å². The van der Waals surface area contributed by atoms with Crippen molar-refractivity contribution in [2.24, 2.45) is 5.41 Å². The highest BCUT2D eigenvalue weighted by atomic mass is 19.1. The number of aromatic amines is 1. The summed E-state index contributed by atoms with van der Waals surface area (Å²) in [7, 11) is 1.25. The Balaban J connectivity index is 1.76. The van der Waals surface area contributed by atoms with Gasteiger partial charge in [-0.3, -0.25) is 19.2 Å². The van der Waals surface area contributed by atoms with Crippen LogP contribution < -0.4 is 15.6 Å². The first-order valence-corrected chi connectivity index (χ1v) is 11.5. The van der Waals surface area contributed by atoms with Crippen molar-refractivity contribution in [1.29, 1.82) is 0 Å². The summed E-state index contributed by atoms with van der Waals surface area (Å²) in [5, 5.41) is 2.48. The standard InChI is InChI=1S/C25H31FN4O5/c1-25(2,3)13-19(32)30-11-5-6-18(30)22-28-20(21(35-4)24(34)29-22)23(33)27-14-17(31)12-15-7-9-16(26)10-8-15/h7-10,18H,5-6,11-14H2,1-4H3,(H,27,33)(H,28,29,34)/t18-/m1/s1. The summed E-state index contributed by atoms with van der Waals surface area (Å²) < 4.78 is 18.1. The van der Waals surface area contributed by atoms with Gasteiger partial charge in [0, 0.05) is 19.4 Å². The van der Waals surface area contributed by atoms with E-state index in [4.69, 9.17) is 4.74 Å². The van der Waals surface area contributed by atoms with Crippen LogP contribution in [0.3, 0.4) is 0 Å². The smallest absolute Gasteiger partial charge is 0.294 e. The first-order chi connectivity index (χ1) is 16.5. The highest BCUT2D eigenvalue weighted by Gasteiger charge is 2.34. The highest BCUT2D eigenvalue weighted by Crippen LogP contribution is 2.32. The first kappa shape index (κ1) is 26.1. The van der Waals surface area contributed by atoms with E-state index in [0.717, 1.165) is 6.42 Å². The van der Waals surface area contributed by atoms with Crippen molar-refractivity contribution in [3.8, 4) is 5.75 Å². The van der Waals surface area contributed by atoms with Gasteiger partial charge < -0.3 is 19.9 Å². The van der Waals surface area contributed by atoms with Crippen LogP contribution in [0.1, 0.15) is 68.0 Å². The molecule has 2 amide bonds. The number of carbonyl (C=O) groups is 3. The number of halogens is 1. The second-order valence-corrected chi connectivity index (χ2v) is 9.84. The monoisotopic (exact) mass is 486 g/mol. The topological polar surface area (TPSA) is 121 Å². The maximum Gasteiger partial charge on any atom is 0.294 e. The lowest BCUT2D eigenvalue weighted by atomic mass is 9.91. The number of carbonyl (C=O) groups excluding carboxylic acids is 3. The molecule has 0 radical (unpaired) electrons. The minimum absolute atomic E-state index is 0.0126. The lowest BCUT2D eigenvalue weighted by Crippen LogP contribution is -2.36. The number of benzene rings is 1. The van der Waals surface area contributed by atoms with Crippen molar-refractivity contribution in [2.45, 2.75) is 52.5 Å². The second kappa shape index (κ2) is 10.8. The summed E-state index contributed by atoms with van der Waals surface area (Å²) in [5.74, 6) is -1.56. The lowest BCUT2D eigenvalue weighted by molar-refractivity contribution is -0.134. The van der Waals surface area contributed by atoms with Gasteiger partial charge in [0.15, 0.2) is 11.5 Å². The summed E-state index contributed by atoms with van der Waals surface area (Å²) in [6, 6.07) is 5.04. The molecule has 0 spiro atoms. The predicted molar refractivity (Wildman–Crippen MR) is 127 cm³/mol. The molecular weight excluding hydrogens is 455 g/mol. The molecular formula is C25H31FN4O5. The number of rotatable bonds is 8. The summed E-state index contributed by atoms with van der Waals surface area (Å²) in [4.78, 5) is 59.4. The van der Waals surface area contributed by atoms with Gasteiger partial charge in [-0.2, -0.15) is 0 Å². The maximum absolute atomic E-state index is 13.0. The van der Waals surface area contributed by atoms with Gasteiger partial charge in [-0.15, -0.1) is 0 Å². The fraction of sp³-hybridized carbons (Fsp3) is 0.480. The van der Waals surface area contributed by atoms with E-state index < -0.39 is 23.3 Å². The average molecular weight is 487 g/mol. The third-order valence-electron chi connectivity index (χ3n) is 5.65. The van der Waals surface area contributed by atoms with E-state index in [-0.39, 0.29) is 47.3 Å². The number of H-pyrrole nitrogens is 1. The number of hydrogen-bond acceptors (Lipinski definition) is 6. The Morgan fingerprint density at radius 2 is 1.91 bits per heavy atom. The van der Waals surface area contributed by atoms with Crippen LogP contribution in [0.15, 0.2) is 29.1 Å². The van der Waals surface area contributed by atoms with Crippen LogP contribution in [0.25, 0.3) is 0 Å². The molecule has 188 valence electrons. The zero-order valence-corrected chi connectivity index (χ0v) is 20.4. The molecule has 2 heterocycles. The molecule has 0 bridgehead atoms. The summed E-state index contributed by atoms with van der Waals surface area (Å²) in [5.41, 5.74) is -0.483. The van der Waals surface area contributed by atoms with Crippen molar-refractivity contribution in [2.75, 3.05) is 20.2 Å². The van der Waals surface area contributed by atoms with E-state index in [1.54, 1.807) is 4.90 Å². The fourth-order valence-electron chi connectivity index (χ4n) is 4.04. The van der Waals surface area contributed by atoms with E-state index in [9.17, 15) is 23.6 Å². The Labute approximate surface area is 203 Å². The fourth-order valence-corrected chi connectivity index (χ4v) is 4.04. The Bertz CT molecular complexity index is 1150. The van der Waals surface area contributed by atoms with E-state index in [0.29, 0.717) is 24.9 Å². The molecule has 1 saturated heterocycles. The molecule has 1 aliphatic rings. The van der Waals surface area contributed by atoms with Crippen LogP contribution >= 0.6 is 0 Å². The van der Waals surface area contributed by atoms with Crippen LogP contribution in [0.4, 0.5) is 4.39 Å². The zero-order chi connectivity index (χ0) is 25.8. The van der Waals surface area contributed by atoms with E-state index >= 15 is 0 Å². The van der Waals surface area contributed by atoms with Crippen LogP contribution in [0.2, 0.25) is 0 Å². The van der Waals surface area contributed by atoms with Gasteiger partial charge in [0.25, 0.3) is 11.5 Å². The van der Waals surface area contributed by atoms with Gasteiger partial charge in [0.2, 0.25) is 11.7 Å². The van der Waals surface area contributed by atoms with Crippen LogP contribution in [-0.2, 0) is 16.0 Å². The molecule has 1 aliphatic heterocycles. The number of nitrogens with zero attached hydrogens (tertiary/aromatic N) is 2. The molecule has 1 aromatic carbocycles. The SMILES string of the molecule is COc1c(C(=O)NCC(=O)Cc2ccc(F)cc2)nc([C@H]2CCCN2C(=O)CC(C)(C)C)[nH]c1=O. The second-order valence-electron chi connectivity index (χ2n) is 9.84. The first-order valence-electron chi connectivity index (χ1n) is 11.5. The Morgan fingerprint density at radius 1 is 1.23 bits per heavy atom. The molecule has 35 heavy (non-hydrogen) atoms. The van der Waals surface area contributed by atoms with Crippen molar-refractivity contribution in [3.05, 3.63) is 57.5 Å². The third-order valence-corrected chi connectivity index (χ3v) is 5.65. The average Bonchev–Trinajstić information content (AvgIpc) is 3.27. The Kier molecular flexibility index (Phi) is 8.03. The molecule has 1 fully saturated rings. The normalized spacial score (nSPS) is 15.7. The minimum Gasteiger partial charge on any atom is -0.489 e. The highest BCUT2D eigenvalue weighted by molar-refractivity contribution is 5.97. The van der Waals surface area contributed by atoms with Gasteiger partial charge in [-0.05, 0) is 36.0 Å². The quantitative estimate of drug-likeness (QED) is 0.592. The molecule has 1 atom stereocenters. The number of ketones is 1. The van der Waals surface area contributed by atoms with Crippen molar-refractivity contribution >= 4 is 17.6 Å². The van der Waals surface area contributed by atoms with Gasteiger partial charge in [-0.1, -0.05) is 32.9 Å². The minimum atomic E-state index is -0.743. The number of likely N-dealkylation sites (tertiary alicyclic amines) is 1. The summed E-state index contributed by atoms with van der Waals surface area (Å²) in [6.45, 7) is 6.16. The number of amides is 2. The number of hydrogen-bond donors (Lipinski definition) is 2. The maximum atomic E-state index is 13.0. The van der Waals surface area contributed by atoms with Crippen LogP contribution in [0.5, 0.6) is 5.75 Å². The third kappa shape index (κ3) is 6.74. The zero-order valence-electron chi connectivity index (χ0n) is 20.4. The predicted octanol–water partition coefficient (Wildman–Crippen LogP) is 2.56. The molecule has 0 aliphatic carbocycles. The molecule has 2 N–H and O–H groups in total. The molecule has 3 rings (SSSR count). The number of Topliss-reactive ketones (excluding diaryl/α,β-unsaturated/α-hetero) is 1. The van der Waals surface area contributed by atoms with Gasteiger partial charge in [0.1, 0.15) is 11.6 Å². The lowest BCUT2D eigenvalue weighted by Gasteiger charge is -2.27. The van der Waals surface area contributed by atoms with Crippen molar-refractivity contribution in [1.82, 2.24) is 20.2 Å². The van der Waals surface area contributed by atoms with Crippen LogP contribution in [-0.4, -0.2) is 52.7 Å². The molecule has 0 saturated carbocycles. The van der Waals surface area contributed by atoms with Crippen molar-refractivity contribution in [3.63, 3.8) is 0 Å². The number of aromatic nitrogens is 2. The Hall–Kier alpha value is -3.56. The number of ether oxygens (including phenoxy) is 1. The van der Waals surface area contributed by atoms with Crippen molar-refractivity contribution < 1.29 is 23.5 Å². The van der Waals surface area contributed by atoms with E-state index in [2.05, 4.69) is 15.3 Å². The number of nitrogens with one attached hydrogen (secondary N) is 2. The summed E-state index contributed by atoms with van der Waals surface area (Å²) in [6.07, 6.45) is 1.70. The van der Waals surface area contributed by atoms with Gasteiger partial charge >= 0.3 is 0 Å². The molecule has 2 aromatic rings. The molecule has 10 heteroatoms. The molecule has 1 aromatic heterocycles. The molecule has 9 nitrogen and oxygen atoms in total. The Morgan fingerprint density at radius 3 is 2.54 bits per heavy atom. The number of methoxy groups -OCH3 is 1. The molecule has 0 unspecified atom stereocenters. The summed E-state index contributed by atoms with van der Waals surface area (Å²) >= 11 is 0. The van der Waals surface area contributed by atoms with Crippen LogP contribution in [0, 0.1) is 11.2 Å². The van der Waals surface area contributed by atoms with Gasteiger partial charge in [0.05, 0.1) is 19.7 Å². The van der Waals surface area contributed by atoms with E-state index in [1.807, 2.05) is 20.8 Å².